The number of hydrogen-bond acceptors (Lipinski definition) is 4. The lowest BCUT2D eigenvalue weighted by molar-refractivity contribution is 0.101. The molecule has 2 heterocycles. The average molecular weight is 227 g/mol. The van der Waals surface area contributed by atoms with Crippen LogP contribution in [-0.2, 0) is 0 Å². The molecule has 2 aromatic rings. The van der Waals surface area contributed by atoms with Gasteiger partial charge in [-0.2, -0.15) is 5.26 Å². The van der Waals surface area contributed by atoms with Crippen molar-refractivity contribution >= 4 is 11.9 Å². The van der Waals surface area contributed by atoms with Crippen molar-refractivity contribution in [1.82, 2.24) is 0 Å². The molecule has 2 aromatic heterocycles. The Morgan fingerprint density at radius 2 is 2.24 bits per heavy atom. The van der Waals surface area contributed by atoms with Crippen molar-refractivity contribution < 1.29 is 13.6 Å². The highest BCUT2D eigenvalue weighted by Crippen LogP contribution is 2.14. The van der Waals surface area contributed by atoms with Gasteiger partial charge in [0.1, 0.15) is 23.2 Å². The van der Waals surface area contributed by atoms with Gasteiger partial charge in [0.15, 0.2) is 5.76 Å². The molecule has 0 spiro atoms. The van der Waals surface area contributed by atoms with E-state index < -0.39 is 5.78 Å². The smallest absolute Gasteiger partial charge is 0.238 e. The predicted octanol–water partition coefficient (Wildman–Crippen LogP) is 2.97. The Morgan fingerprint density at radius 1 is 1.41 bits per heavy atom. The topological polar surface area (TPSA) is 67.1 Å². The lowest BCUT2D eigenvalue weighted by Crippen LogP contribution is -1.99. The molecule has 0 fully saturated rings. The van der Waals surface area contributed by atoms with Gasteiger partial charge in [-0.3, -0.25) is 4.79 Å². The van der Waals surface area contributed by atoms with Crippen LogP contribution in [0.2, 0.25) is 0 Å². The molecular formula is C13H9NO3. The van der Waals surface area contributed by atoms with Crippen LogP contribution >= 0.6 is 0 Å². The zero-order chi connectivity index (χ0) is 12.3. The van der Waals surface area contributed by atoms with Crippen LogP contribution < -0.4 is 0 Å². The normalized spacial score (nSPS) is 11.2. The molecule has 4 heteroatoms. The highest BCUT2D eigenvalue weighted by molar-refractivity contribution is 6.12. The predicted molar refractivity (Wildman–Crippen MR) is 60.1 cm³/mol. The maximum absolute atomic E-state index is 11.8. The van der Waals surface area contributed by atoms with Gasteiger partial charge in [-0.1, -0.05) is 0 Å². The summed E-state index contributed by atoms with van der Waals surface area (Å²) in [5.41, 5.74) is -0.0192. The lowest BCUT2D eigenvalue weighted by atomic mass is 10.1. The van der Waals surface area contributed by atoms with Crippen LogP contribution in [0.25, 0.3) is 6.08 Å². The molecule has 0 saturated heterocycles. The van der Waals surface area contributed by atoms with Crippen LogP contribution in [0.15, 0.2) is 44.9 Å². The summed E-state index contributed by atoms with van der Waals surface area (Å²) in [6.07, 6.45) is 2.79. The van der Waals surface area contributed by atoms with E-state index in [1.54, 1.807) is 25.1 Å². The second-order valence-corrected chi connectivity index (χ2v) is 3.42. The van der Waals surface area contributed by atoms with Crippen molar-refractivity contribution in [2.75, 3.05) is 0 Å². The highest BCUT2D eigenvalue weighted by atomic mass is 16.3. The number of ketones is 1. The molecule has 0 aliphatic carbocycles. The van der Waals surface area contributed by atoms with Crippen molar-refractivity contribution in [3.63, 3.8) is 0 Å². The number of nitriles is 1. The van der Waals surface area contributed by atoms with Gasteiger partial charge < -0.3 is 8.83 Å². The number of rotatable bonds is 3. The van der Waals surface area contributed by atoms with Gasteiger partial charge in [0.05, 0.1) is 6.26 Å². The summed E-state index contributed by atoms with van der Waals surface area (Å²) in [4.78, 5) is 11.8. The van der Waals surface area contributed by atoms with Gasteiger partial charge >= 0.3 is 0 Å². The van der Waals surface area contributed by atoms with E-state index in [4.69, 9.17) is 14.1 Å². The molecule has 84 valence electrons. The largest absolute Gasteiger partial charge is 0.462 e. The molecule has 4 nitrogen and oxygen atoms in total. The number of furan rings is 2. The number of hydrogen-bond donors (Lipinski definition) is 0. The van der Waals surface area contributed by atoms with Gasteiger partial charge in [0, 0.05) is 6.08 Å². The summed E-state index contributed by atoms with van der Waals surface area (Å²) in [6.45, 7) is 1.79. The van der Waals surface area contributed by atoms with Crippen molar-refractivity contribution in [1.29, 1.82) is 5.26 Å². The summed E-state index contributed by atoms with van der Waals surface area (Å²) < 4.78 is 10.2. The summed E-state index contributed by atoms with van der Waals surface area (Å²) in [5, 5.41) is 8.94. The molecule has 0 bridgehead atoms. The zero-order valence-electron chi connectivity index (χ0n) is 9.14. The van der Waals surface area contributed by atoms with Crippen LogP contribution in [0.3, 0.4) is 0 Å². The molecule has 0 unspecified atom stereocenters. The van der Waals surface area contributed by atoms with Gasteiger partial charge in [0.2, 0.25) is 5.78 Å². The summed E-state index contributed by atoms with van der Waals surface area (Å²) >= 11 is 0. The number of nitrogens with zero attached hydrogens (tertiary/aromatic N) is 1. The third-order valence-corrected chi connectivity index (χ3v) is 2.16. The molecule has 0 aromatic carbocycles. The molecule has 17 heavy (non-hydrogen) atoms. The van der Waals surface area contributed by atoms with E-state index in [0.29, 0.717) is 5.76 Å². The van der Waals surface area contributed by atoms with Gasteiger partial charge in [0.25, 0.3) is 0 Å². The van der Waals surface area contributed by atoms with Crippen LogP contribution in [0.4, 0.5) is 0 Å². The SMILES string of the molecule is Cc1ccc(/C=C(\C#N)C(=O)c2ccco2)o1. The van der Waals surface area contributed by atoms with E-state index in [1.807, 2.05) is 6.07 Å². The molecule has 0 amide bonds. The zero-order valence-corrected chi connectivity index (χ0v) is 9.14. The van der Waals surface area contributed by atoms with Crippen LogP contribution in [0.1, 0.15) is 22.1 Å². The van der Waals surface area contributed by atoms with Gasteiger partial charge in [-0.15, -0.1) is 0 Å². The fourth-order valence-electron chi connectivity index (χ4n) is 1.36. The Hall–Kier alpha value is -2.54. The second-order valence-electron chi connectivity index (χ2n) is 3.42. The van der Waals surface area contributed by atoms with E-state index in [0.717, 1.165) is 5.76 Å². The molecule has 2 rings (SSSR count). The third kappa shape index (κ3) is 2.34. The highest BCUT2D eigenvalue weighted by Gasteiger charge is 2.15. The van der Waals surface area contributed by atoms with Gasteiger partial charge in [-0.05, 0) is 31.2 Å². The first-order valence-electron chi connectivity index (χ1n) is 4.97. The van der Waals surface area contributed by atoms with Crippen molar-refractivity contribution in [3.8, 4) is 6.07 Å². The van der Waals surface area contributed by atoms with E-state index in [2.05, 4.69) is 0 Å². The third-order valence-electron chi connectivity index (χ3n) is 2.16. The monoisotopic (exact) mass is 227 g/mol. The molecule has 0 aliphatic rings. The quantitative estimate of drug-likeness (QED) is 0.459. The Balaban J connectivity index is 2.32. The molecule has 0 atom stereocenters. The van der Waals surface area contributed by atoms with Crippen molar-refractivity contribution in [2.45, 2.75) is 6.92 Å². The fourth-order valence-corrected chi connectivity index (χ4v) is 1.36. The Morgan fingerprint density at radius 3 is 2.76 bits per heavy atom. The van der Waals surface area contributed by atoms with E-state index >= 15 is 0 Å². The first-order valence-corrected chi connectivity index (χ1v) is 4.97. The van der Waals surface area contributed by atoms with Crippen LogP contribution in [0, 0.1) is 18.3 Å². The number of aryl methyl sites for hydroxylation is 1. The average Bonchev–Trinajstić information content (AvgIpc) is 2.96. The Kier molecular flexibility index (Phi) is 2.93. The maximum Gasteiger partial charge on any atom is 0.238 e. The second kappa shape index (κ2) is 4.54. The molecule has 0 aliphatic heterocycles. The minimum atomic E-state index is -0.452. The first-order chi connectivity index (χ1) is 8.20. The summed E-state index contributed by atoms with van der Waals surface area (Å²) in [5.74, 6) is 0.880. The number of carbonyl (C=O) groups is 1. The Bertz CT molecular complexity index is 597. The minimum Gasteiger partial charge on any atom is -0.462 e. The van der Waals surface area contributed by atoms with E-state index in [9.17, 15) is 4.79 Å². The maximum atomic E-state index is 11.8. The number of allylic oxidation sites excluding steroid dienone is 1. The molecule has 0 radical (unpaired) electrons. The van der Waals surface area contributed by atoms with E-state index in [1.165, 1.54) is 18.4 Å². The lowest BCUT2D eigenvalue weighted by Gasteiger charge is -1.93. The number of Topliss-reactive ketones (excluding diaryl/α,β-unsaturated/α-hetero) is 1. The Labute approximate surface area is 97.8 Å². The standard InChI is InChI=1S/C13H9NO3/c1-9-4-5-11(17-9)7-10(8-14)13(15)12-3-2-6-16-12/h2-7H,1H3/b10-7+. The number of carbonyl (C=O) groups excluding carboxylic acids is 1. The van der Waals surface area contributed by atoms with Crippen LogP contribution in [0.5, 0.6) is 0 Å². The summed E-state index contributed by atoms with van der Waals surface area (Å²) in [6, 6.07) is 8.41. The van der Waals surface area contributed by atoms with E-state index in [-0.39, 0.29) is 11.3 Å². The first kappa shape index (κ1) is 11.0. The molecule has 0 N–H and O–H groups in total. The molecular weight excluding hydrogens is 218 g/mol. The van der Waals surface area contributed by atoms with Crippen LogP contribution in [-0.4, -0.2) is 5.78 Å². The van der Waals surface area contributed by atoms with Crippen molar-refractivity contribution in [2.24, 2.45) is 0 Å². The van der Waals surface area contributed by atoms with Crippen molar-refractivity contribution in [3.05, 3.63) is 53.4 Å². The summed E-state index contributed by atoms with van der Waals surface area (Å²) in [7, 11) is 0. The molecule has 0 saturated carbocycles. The fraction of sp³-hybridized carbons (Fsp3) is 0.0769. The van der Waals surface area contributed by atoms with Gasteiger partial charge in [-0.25, -0.2) is 0 Å². The minimum absolute atomic E-state index is 0.0192.